The number of amides is 1. The normalized spacial score (nSPS) is 14.6. The van der Waals surface area contributed by atoms with E-state index in [0.29, 0.717) is 34.8 Å². The van der Waals surface area contributed by atoms with E-state index in [1.54, 1.807) is 49.3 Å². The van der Waals surface area contributed by atoms with Crippen LogP contribution in [-0.4, -0.2) is 31.1 Å². The highest BCUT2D eigenvalue weighted by Gasteiger charge is 2.26. The van der Waals surface area contributed by atoms with Crippen molar-refractivity contribution in [3.05, 3.63) is 58.4 Å². The average molecular weight is 394 g/mol. The average Bonchev–Trinajstić information content (AvgIpc) is 2.60. The van der Waals surface area contributed by atoms with Crippen molar-refractivity contribution >= 4 is 33.2 Å². The summed E-state index contributed by atoms with van der Waals surface area (Å²) in [7, 11) is -3.36. The molecule has 0 bridgehead atoms. The Hall–Kier alpha value is -1.96. The van der Waals surface area contributed by atoms with Crippen LogP contribution in [0.3, 0.4) is 0 Å². The molecule has 6 nitrogen and oxygen atoms in total. The van der Waals surface area contributed by atoms with E-state index in [1.165, 1.54) is 0 Å². The van der Waals surface area contributed by atoms with Crippen LogP contribution in [-0.2, 0) is 23.0 Å². The number of carbonyl (C=O) groups is 1. The Labute approximate surface area is 158 Å². The Morgan fingerprint density at radius 3 is 2.77 bits per heavy atom. The molecule has 2 aromatic rings. The molecule has 138 valence electrons. The molecule has 0 saturated heterocycles. The van der Waals surface area contributed by atoms with Gasteiger partial charge in [0.2, 0.25) is 10.0 Å². The summed E-state index contributed by atoms with van der Waals surface area (Å²) >= 11 is 6.00. The van der Waals surface area contributed by atoms with Crippen molar-refractivity contribution in [1.82, 2.24) is 9.71 Å². The molecule has 0 radical (unpaired) electrons. The van der Waals surface area contributed by atoms with Gasteiger partial charge in [-0.1, -0.05) is 11.6 Å². The Balaban J connectivity index is 1.80. The Kier molecular flexibility index (Phi) is 5.32. The molecule has 0 saturated carbocycles. The van der Waals surface area contributed by atoms with Crippen LogP contribution in [0.15, 0.2) is 36.7 Å². The van der Waals surface area contributed by atoms with Crippen molar-refractivity contribution in [2.24, 2.45) is 0 Å². The van der Waals surface area contributed by atoms with E-state index in [1.807, 2.05) is 6.07 Å². The summed E-state index contributed by atoms with van der Waals surface area (Å²) in [6, 6.07) is 7.05. The molecule has 3 rings (SSSR count). The highest BCUT2D eigenvalue weighted by molar-refractivity contribution is 7.90. The maximum absolute atomic E-state index is 12.8. The molecule has 8 heteroatoms. The van der Waals surface area contributed by atoms with Gasteiger partial charge in [0, 0.05) is 29.9 Å². The van der Waals surface area contributed by atoms with Gasteiger partial charge >= 0.3 is 0 Å². The fraction of sp³-hybridized carbons (Fsp3) is 0.333. The van der Waals surface area contributed by atoms with Crippen LogP contribution in [0.1, 0.15) is 35.3 Å². The van der Waals surface area contributed by atoms with Crippen molar-refractivity contribution in [1.29, 1.82) is 0 Å². The number of hydrogen-bond donors (Lipinski definition) is 1. The van der Waals surface area contributed by atoms with Crippen LogP contribution < -0.4 is 9.62 Å². The number of fused-ring (bicyclic) bond motifs is 1. The van der Waals surface area contributed by atoms with Crippen molar-refractivity contribution in [3.8, 4) is 0 Å². The van der Waals surface area contributed by atoms with E-state index in [0.717, 1.165) is 5.56 Å². The summed E-state index contributed by atoms with van der Waals surface area (Å²) in [5.74, 6) is -0.107. The summed E-state index contributed by atoms with van der Waals surface area (Å²) in [5.41, 5.74) is 2.91. The molecular formula is C18H20ClN3O3S. The summed E-state index contributed by atoms with van der Waals surface area (Å²) < 4.78 is 26.4. The number of nitrogens with zero attached hydrogens (tertiary/aromatic N) is 2. The number of rotatable bonds is 5. The molecule has 1 aromatic heterocycles. The number of anilines is 1. The fourth-order valence-corrected chi connectivity index (χ4v) is 3.67. The first-order valence-electron chi connectivity index (χ1n) is 8.30. The number of sulfonamides is 1. The van der Waals surface area contributed by atoms with E-state index in [4.69, 9.17) is 11.6 Å². The van der Waals surface area contributed by atoms with Gasteiger partial charge < -0.3 is 4.90 Å². The van der Waals surface area contributed by atoms with Crippen LogP contribution in [0.5, 0.6) is 0 Å². The Morgan fingerprint density at radius 1 is 1.27 bits per heavy atom. The number of nitrogens with one attached hydrogen (secondary N) is 1. The third-order valence-electron chi connectivity index (χ3n) is 4.34. The number of halogens is 1. The molecule has 0 fully saturated rings. The second kappa shape index (κ2) is 7.34. The van der Waals surface area contributed by atoms with Gasteiger partial charge in [-0.3, -0.25) is 9.78 Å². The summed E-state index contributed by atoms with van der Waals surface area (Å²) in [4.78, 5) is 18.6. The SMILES string of the molecule is CC(C)S(=O)(=O)NCc1cncc(N2CCc3cc(Cl)ccc3C2=O)c1. The van der Waals surface area contributed by atoms with Crippen LogP contribution in [0.25, 0.3) is 0 Å². The second-order valence-electron chi connectivity index (χ2n) is 6.47. The van der Waals surface area contributed by atoms with E-state index in [2.05, 4.69) is 9.71 Å². The van der Waals surface area contributed by atoms with Gasteiger partial charge in [-0.2, -0.15) is 0 Å². The molecule has 1 aromatic carbocycles. The largest absolute Gasteiger partial charge is 0.306 e. The molecule has 0 atom stereocenters. The third kappa shape index (κ3) is 3.90. The van der Waals surface area contributed by atoms with Gasteiger partial charge in [0.15, 0.2) is 0 Å². The first kappa shape index (κ1) is 18.8. The Morgan fingerprint density at radius 2 is 2.04 bits per heavy atom. The molecule has 0 aliphatic carbocycles. The molecule has 0 unspecified atom stereocenters. The zero-order chi connectivity index (χ0) is 18.9. The maximum Gasteiger partial charge on any atom is 0.258 e. The second-order valence-corrected chi connectivity index (χ2v) is 9.23. The minimum Gasteiger partial charge on any atom is -0.306 e. The minimum atomic E-state index is -3.36. The lowest BCUT2D eigenvalue weighted by molar-refractivity contribution is 0.0980. The molecular weight excluding hydrogens is 374 g/mol. The van der Waals surface area contributed by atoms with Crippen molar-refractivity contribution in [2.75, 3.05) is 11.4 Å². The fourth-order valence-electron chi connectivity index (χ4n) is 2.77. The van der Waals surface area contributed by atoms with Crippen LogP contribution >= 0.6 is 11.6 Å². The number of benzene rings is 1. The van der Waals surface area contributed by atoms with Gasteiger partial charge in [0.05, 0.1) is 17.1 Å². The molecule has 0 spiro atoms. The number of aromatic nitrogens is 1. The van der Waals surface area contributed by atoms with E-state index in [-0.39, 0.29) is 12.5 Å². The van der Waals surface area contributed by atoms with E-state index < -0.39 is 15.3 Å². The predicted octanol–water partition coefficient (Wildman–Crippen LogP) is 2.77. The number of hydrogen-bond acceptors (Lipinski definition) is 4. The van der Waals surface area contributed by atoms with Crippen molar-refractivity contribution < 1.29 is 13.2 Å². The quantitative estimate of drug-likeness (QED) is 0.847. The van der Waals surface area contributed by atoms with E-state index in [9.17, 15) is 13.2 Å². The smallest absolute Gasteiger partial charge is 0.258 e. The monoisotopic (exact) mass is 393 g/mol. The maximum atomic E-state index is 12.8. The summed E-state index contributed by atoms with van der Waals surface area (Å²) in [6.07, 6.45) is 3.90. The van der Waals surface area contributed by atoms with Crippen molar-refractivity contribution in [3.63, 3.8) is 0 Å². The molecule has 2 heterocycles. The third-order valence-corrected chi connectivity index (χ3v) is 6.36. The molecule has 1 amide bonds. The number of pyridine rings is 1. The van der Waals surface area contributed by atoms with E-state index >= 15 is 0 Å². The lowest BCUT2D eigenvalue weighted by atomic mass is 9.98. The van der Waals surface area contributed by atoms with Gasteiger partial charge in [0.25, 0.3) is 5.91 Å². The van der Waals surface area contributed by atoms with Crippen LogP contribution in [0.2, 0.25) is 5.02 Å². The minimum absolute atomic E-state index is 0.107. The lowest BCUT2D eigenvalue weighted by Gasteiger charge is -2.28. The van der Waals surface area contributed by atoms with Gasteiger partial charge in [-0.15, -0.1) is 0 Å². The highest BCUT2D eigenvalue weighted by Crippen LogP contribution is 2.26. The van der Waals surface area contributed by atoms with Gasteiger partial charge in [-0.05, 0) is 55.7 Å². The van der Waals surface area contributed by atoms with Gasteiger partial charge in [-0.25, -0.2) is 13.1 Å². The Bertz CT molecular complexity index is 944. The highest BCUT2D eigenvalue weighted by atomic mass is 35.5. The molecule has 26 heavy (non-hydrogen) atoms. The molecule has 1 aliphatic heterocycles. The van der Waals surface area contributed by atoms with Crippen molar-refractivity contribution in [2.45, 2.75) is 32.1 Å². The predicted molar refractivity (Wildman–Crippen MR) is 102 cm³/mol. The molecule has 1 N–H and O–H groups in total. The van der Waals surface area contributed by atoms with Crippen LogP contribution in [0, 0.1) is 0 Å². The number of carbonyl (C=O) groups excluding carboxylic acids is 1. The summed E-state index contributed by atoms with van der Waals surface area (Å²) in [6.45, 7) is 3.89. The first-order valence-corrected chi connectivity index (χ1v) is 10.2. The zero-order valence-electron chi connectivity index (χ0n) is 14.6. The molecule has 1 aliphatic rings. The first-order chi connectivity index (χ1) is 12.3. The zero-order valence-corrected chi connectivity index (χ0v) is 16.1. The standard InChI is InChI=1S/C18H20ClN3O3S/c1-12(2)26(24,25)21-10-13-7-16(11-20-9-13)22-6-5-14-8-15(19)3-4-17(14)18(22)23/h3-4,7-9,11-12,21H,5-6,10H2,1-2H3. The van der Waals surface area contributed by atoms with Crippen LogP contribution in [0.4, 0.5) is 5.69 Å². The summed E-state index contributed by atoms with van der Waals surface area (Å²) in [5, 5.41) is 0.108. The van der Waals surface area contributed by atoms with Gasteiger partial charge in [0.1, 0.15) is 0 Å². The lowest BCUT2D eigenvalue weighted by Crippen LogP contribution is -2.37. The topological polar surface area (TPSA) is 79.4 Å².